The SMILES string of the molecule is C[C@]12CCC(NC(=O)O)CC1=CCC1C2CC[C@@]2(C)C1CC[C@H]2O. The van der Waals surface area contributed by atoms with Crippen molar-refractivity contribution in [2.75, 3.05) is 0 Å². The van der Waals surface area contributed by atoms with Gasteiger partial charge in [0, 0.05) is 6.04 Å². The van der Waals surface area contributed by atoms with Gasteiger partial charge in [-0.05, 0) is 80.0 Å². The number of amides is 1. The first-order valence-electron chi connectivity index (χ1n) is 9.71. The molecule has 4 aliphatic carbocycles. The number of fused-ring (bicyclic) bond motifs is 5. The first-order valence-corrected chi connectivity index (χ1v) is 9.71. The summed E-state index contributed by atoms with van der Waals surface area (Å²) in [5.74, 6) is 2.08. The molecule has 24 heavy (non-hydrogen) atoms. The molecule has 3 fully saturated rings. The topological polar surface area (TPSA) is 69.6 Å². The molecule has 4 rings (SSSR count). The molecule has 0 radical (unpaired) electrons. The molecular formula is C20H31NO3. The first-order chi connectivity index (χ1) is 11.3. The van der Waals surface area contributed by atoms with Crippen molar-refractivity contribution in [1.29, 1.82) is 0 Å². The van der Waals surface area contributed by atoms with Crippen LogP contribution in [0.1, 0.15) is 65.2 Å². The number of aliphatic hydroxyl groups is 1. The van der Waals surface area contributed by atoms with E-state index in [-0.39, 0.29) is 23.0 Å². The molecule has 0 saturated heterocycles. The van der Waals surface area contributed by atoms with Crippen LogP contribution in [0.25, 0.3) is 0 Å². The van der Waals surface area contributed by atoms with Gasteiger partial charge in [-0.25, -0.2) is 4.79 Å². The van der Waals surface area contributed by atoms with E-state index in [2.05, 4.69) is 25.2 Å². The van der Waals surface area contributed by atoms with Crippen LogP contribution >= 0.6 is 0 Å². The van der Waals surface area contributed by atoms with E-state index in [9.17, 15) is 9.90 Å². The Bertz CT molecular complexity index is 573. The highest BCUT2D eigenvalue weighted by Crippen LogP contribution is 2.64. The molecule has 0 heterocycles. The Hall–Kier alpha value is -1.03. The van der Waals surface area contributed by atoms with Crippen LogP contribution in [-0.2, 0) is 0 Å². The molecule has 4 aliphatic rings. The van der Waals surface area contributed by atoms with E-state index in [1.165, 1.54) is 18.4 Å². The molecule has 0 bridgehead atoms. The lowest BCUT2D eigenvalue weighted by molar-refractivity contribution is -0.0670. The summed E-state index contributed by atoms with van der Waals surface area (Å²) < 4.78 is 0. The summed E-state index contributed by atoms with van der Waals surface area (Å²) in [7, 11) is 0. The van der Waals surface area contributed by atoms with Crippen molar-refractivity contribution in [2.45, 2.75) is 77.4 Å². The molecule has 4 nitrogen and oxygen atoms in total. The van der Waals surface area contributed by atoms with Crippen molar-refractivity contribution in [1.82, 2.24) is 5.32 Å². The molecular weight excluding hydrogens is 302 g/mol. The lowest BCUT2D eigenvalue weighted by Crippen LogP contribution is -2.52. The molecule has 134 valence electrons. The zero-order valence-corrected chi connectivity index (χ0v) is 14.9. The van der Waals surface area contributed by atoms with Gasteiger partial charge in [-0.2, -0.15) is 0 Å². The van der Waals surface area contributed by atoms with Gasteiger partial charge in [-0.15, -0.1) is 0 Å². The van der Waals surface area contributed by atoms with Crippen LogP contribution in [0.2, 0.25) is 0 Å². The van der Waals surface area contributed by atoms with Crippen molar-refractivity contribution >= 4 is 6.09 Å². The molecule has 0 spiro atoms. The molecule has 3 saturated carbocycles. The van der Waals surface area contributed by atoms with Gasteiger partial charge in [0.05, 0.1) is 6.10 Å². The van der Waals surface area contributed by atoms with Crippen LogP contribution < -0.4 is 5.32 Å². The molecule has 0 aromatic rings. The second kappa shape index (κ2) is 5.48. The van der Waals surface area contributed by atoms with Gasteiger partial charge >= 0.3 is 6.09 Å². The van der Waals surface area contributed by atoms with Gasteiger partial charge < -0.3 is 15.5 Å². The first kappa shape index (κ1) is 16.4. The van der Waals surface area contributed by atoms with Gasteiger partial charge in [0.1, 0.15) is 0 Å². The number of aliphatic hydroxyl groups excluding tert-OH is 1. The van der Waals surface area contributed by atoms with Gasteiger partial charge in [0.15, 0.2) is 0 Å². The number of allylic oxidation sites excluding steroid dienone is 1. The lowest BCUT2D eigenvalue weighted by atomic mass is 9.48. The number of carboxylic acid groups (broad SMARTS) is 1. The van der Waals surface area contributed by atoms with Crippen molar-refractivity contribution in [3.8, 4) is 0 Å². The quantitative estimate of drug-likeness (QED) is 0.636. The van der Waals surface area contributed by atoms with E-state index >= 15 is 0 Å². The molecule has 0 aromatic carbocycles. The fourth-order valence-electron chi connectivity index (χ4n) is 6.93. The molecule has 7 atom stereocenters. The summed E-state index contributed by atoms with van der Waals surface area (Å²) in [5.41, 5.74) is 1.87. The maximum atomic E-state index is 11.0. The Morgan fingerprint density at radius 2 is 1.96 bits per heavy atom. The van der Waals surface area contributed by atoms with Crippen LogP contribution in [-0.4, -0.2) is 28.5 Å². The van der Waals surface area contributed by atoms with E-state index in [0.29, 0.717) is 17.8 Å². The van der Waals surface area contributed by atoms with E-state index in [0.717, 1.165) is 38.5 Å². The predicted molar refractivity (Wildman–Crippen MR) is 92.7 cm³/mol. The normalized spacial score (nSPS) is 50.3. The van der Waals surface area contributed by atoms with Crippen LogP contribution in [0.15, 0.2) is 11.6 Å². The maximum absolute atomic E-state index is 11.0. The Balaban J connectivity index is 1.59. The molecule has 3 N–H and O–H groups in total. The average molecular weight is 333 g/mol. The summed E-state index contributed by atoms with van der Waals surface area (Å²) >= 11 is 0. The average Bonchev–Trinajstić information content (AvgIpc) is 2.83. The van der Waals surface area contributed by atoms with Gasteiger partial charge in [0.25, 0.3) is 0 Å². The zero-order valence-electron chi connectivity index (χ0n) is 14.9. The number of rotatable bonds is 1. The Morgan fingerprint density at radius 1 is 1.17 bits per heavy atom. The van der Waals surface area contributed by atoms with E-state index in [1.807, 2.05) is 0 Å². The fourth-order valence-corrected chi connectivity index (χ4v) is 6.93. The molecule has 0 aliphatic heterocycles. The van der Waals surface area contributed by atoms with Crippen LogP contribution in [0.5, 0.6) is 0 Å². The highest BCUT2D eigenvalue weighted by molar-refractivity contribution is 5.65. The highest BCUT2D eigenvalue weighted by Gasteiger charge is 2.58. The lowest BCUT2D eigenvalue weighted by Gasteiger charge is -2.57. The number of hydrogen-bond acceptors (Lipinski definition) is 2. The third-order valence-electron chi connectivity index (χ3n) is 8.38. The molecule has 4 heteroatoms. The Labute approximate surface area is 144 Å². The van der Waals surface area contributed by atoms with Crippen LogP contribution in [0.3, 0.4) is 0 Å². The minimum atomic E-state index is -0.897. The summed E-state index contributed by atoms with van der Waals surface area (Å²) in [4.78, 5) is 11.0. The largest absolute Gasteiger partial charge is 0.465 e. The van der Waals surface area contributed by atoms with E-state index in [4.69, 9.17) is 5.11 Å². The van der Waals surface area contributed by atoms with E-state index < -0.39 is 6.09 Å². The minimum Gasteiger partial charge on any atom is -0.465 e. The Kier molecular flexibility index (Phi) is 3.76. The van der Waals surface area contributed by atoms with Gasteiger partial charge in [-0.1, -0.05) is 25.5 Å². The second-order valence-electron chi connectivity index (χ2n) is 9.29. The maximum Gasteiger partial charge on any atom is 0.404 e. The summed E-state index contributed by atoms with van der Waals surface area (Å²) in [5, 5.41) is 22.2. The van der Waals surface area contributed by atoms with Crippen LogP contribution in [0, 0.1) is 28.6 Å². The summed E-state index contributed by atoms with van der Waals surface area (Å²) in [6, 6.07) is 0.0838. The fraction of sp³-hybridized carbons (Fsp3) is 0.850. The third-order valence-corrected chi connectivity index (χ3v) is 8.38. The monoisotopic (exact) mass is 333 g/mol. The van der Waals surface area contributed by atoms with Gasteiger partial charge in [-0.3, -0.25) is 0 Å². The third kappa shape index (κ3) is 2.25. The van der Waals surface area contributed by atoms with Crippen LogP contribution in [0.4, 0.5) is 4.79 Å². The van der Waals surface area contributed by atoms with Gasteiger partial charge in [0.2, 0.25) is 0 Å². The minimum absolute atomic E-state index is 0.0838. The predicted octanol–water partition coefficient (Wildman–Crippen LogP) is 3.95. The number of hydrogen-bond donors (Lipinski definition) is 3. The smallest absolute Gasteiger partial charge is 0.404 e. The van der Waals surface area contributed by atoms with E-state index in [1.54, 1.807) is 0 Å². The summed E-state index contributed by atoms with van der Waals surface area (Å²) in [6.07, 6.45) is 10.0. The molecule has 4 unspecified atom stereocenters. The van der Waals surface area contributed by atoms with Crippen molar-refractivity contribution in [2.24, 2.45) is 28.6 Å². The number of nitrogens with one attached hydrogen (secondary N) is 1. The van der Waals surface area contributed by atoms with Crippen molar-refractivity contribution in [3.63, 3.8) is 0 Å². The Morgan fingerprint density at radius 3 is 2.71 bits per heavy atom. The highest BCUT2D eigenvalue weighted by atomic mass is 16.4. The standard InChI is InChI=1S/C20H31NO3/c1-19-9-7-13(21-18(23)24)11-12(19)3-4-14-15-5-6-17(22)20(15,2)10-8-16(14)19/h3,13-17,21-22H,4-11H2,1-2H3,(H,23,24)/t13?,14?,15?,16?,17-,19+,20+/m1/s1. The van der Waals surface area contributed by atoms with Crippen molar-refractivity contribution in [3.05, 3.63) is 11.6 Å². The molecule has 0 aromatic heterocycles. The zero-order chi connectivity index (χ0) is 17.1. The molecule has 1 amide bonds. The second-order valence-corrected chi connectivity index (χ2v) is 9.29. The van der Waals surface area contributed by atoms with Crippen molar-refractivity contribution < 1.29 is 15.0 Å². The number of carbonyl (C=O) groups is 1. The summed E-state index contributed by atoms with van der Waals surface area (Å²) in [6.45, 7) is 4.75.